The molecule has 0 aliphatic heterocycles. The number of thiophene rings is 1. The van der Waals surface area contributed by atoms with Crippen molar-refractivity contribution < 1.29 is 18.5 Å². The van der Waals surface area contributed by atoms with Crippen LogP contribution >= 0.6 is 11.3 Å². The first-order chi connectivity index (χ1) is 9.49. The summed E-state index contributed by atoms with van der Waals surface area (Å²) < 4.78 is 26.9. The Morgan fingerprint density at radius 1 is 1.35 bits per heavy atom. The minimum absolute atomic E-state index is 0.175. The predicted molar refractivity (Wildman–Crippen MR) is 68.5 cm³/mol. The van der Waals surface area contributed by atoms with Crippen molar-refractivity contribution in [2.45, 2.75) is 6.54 Å². The van der Waals surface area contributed by atoms with Gasteiger partial charge in [0.05, 0.1) is 23.1 Å². The number of nitrogens with zero attached hydrogens (tertiary/aromatic N) is 1. The van der Waals surface area contributed by atoms with Crippen molar-refractivity contribution in [3.8, 4) is 0 Å². The number of nitro benzene ring substituents is 1. The van der Waals surface area contributed by atoms with Gasteiger partial charge in [-0.15, -0.1) is 11.3 Å². The highest BCUT2D eigenvalue weighted by Gasteiger charge is 2.21. The minimum Gasteiger partial charge on any atom is -0.347 e. The molecule has 0 fully saturated rings. The largest absolute Gasteiger partial charge is 0.347 e. The Bertz CT molecular complexity index is 659. The molecule has 5 nitrogen and oxygen atoms in total. The van der Waals surface area contributed by atoms with Crippen LogP contribution in [0.2, 0.25) is 0 Å². The van der Waals surface area contributed by atoms with E-state index in [1.807, 2.05) is 5.38 Å². The standard InChI is InChI=1S/C12H8F2N2O3S/c13-9-5-11(16(18)19)10(14)4-8(9)12(17)15-6-7-2-1-3-20-7/h1-5H,6H2,(H,15,17). The van der Waals surface area contributed by atoms with Crippen LogP contribution in [0.5, 0.6) is 0 Å². The zero-order valence-corrected chi connectivity index (χ0v) is 10.7. The van der Waals surface area contributed by atoms with Crippen LogP contribution in [0.4, 0.5) is 14.5 Å². The Hall–Kier alpha value is -2.35. The Kier molecular flexibility index (Phi) is 4.04. The van der Waals surface area contributed by atoms with Crippen LogP contribution in [0.15, 0.2) is 29.6 Å². The number of hydrogen-bond donors (Lipinski definition) is 1. The second-order valence-corrected chi connectivity index (χ2v) is 4.83. The van der Waals surface area contributed by atoms with Crippen molar-refractivity contribution in [2.75, 3.05) is 0 Å². The normalized spacial score (nSPS) is 10.3. The zero-order chi connectivity index (χ0) is 14.7. The second kappa shape index (κ2) is 5.74. The summed E-state index contributed by atoms with van der Waals surface area (Å²) in [6, 6.07) is 4.49. The summed E-state index contributed by atoms with van der Waals surface area (Å²) in [5.41, 5.74) is -1.57. The van der Waals surface area contributed by atoms with E-state index in [4.69, 9.17) is 0 Å². The van der Waals surface area contributed by atoms with Gasteiger partial charge in [-0.3, -0.25) is 14.9 Å². The summed E-state index contributed by atoms with van der Waals surface area (Å²) in [4.78, 5) is 21.9. The lowest BCUT2D eigenvalue weighted by molar-refractivity contribution is -0.387. The van der Waals surface area contributed by atoms with Crippen LogP contribution < -0.4 is 5.32 Å². The van der Waals surface area contributed by atoms with E-state index in [1.165, 1.54) is 11.3 Å². The molecule has 2 rings (SSSR count). The SMILES string of the molecule is O=C(NCc1cccs1)c1cc(F)c([N+](=O)[O-])cc1F. The molecule has 2 aromatic rings. The first-order valence-electron chi connectivity index (χ1n) is 5.43. The molecule has 0 aliphatic rings. The molecule has 1 heterocycles. The third-order valence-corrected chi connectivity index (χ3v) is 3.36. The van der Waals surface area contributed by atoms with Crippen molar-refractivity contribution in [2.24, 2.45) is 0 Å². The minimum atomic E-state index is -1.25. The lowest BCUT2D eigenvalue weighted by atomic mass is 10.1. The molecular weight excluding hydrogens is 290 g/mol. The van der Waals surface area contributed by atoms with Crippen LogP contribution in [0.1, 0.15) is 15.2 Å². The molecule has 1 N–H and O–H groups in total. The van der Waals surface area contributed by atoms with E-state index in [0.29, 0.717) is 12.1 Å². The van der Waals surface area contributed by atoms with Crippen molar-refractivity contribution in [3.63, 3.8) is 0 Å². The van der Waals surface area contributed by atoms with Crippen molar-refractivity contribution in [1.29, 1.82) is 0 Å². The van der Waals surface area contributed by atoms with Gasteiger partial charge in [-0.2, -0.15) is 4.39 Å². The second-order valence-electron chi connectivity index (χ2n) is 3.80. The van der Waals surface area contributed by atoms with Crippen molar-refractivity contribution in [3.05, 3.63) is 61.8 Å². The van der Waals surface area contributed by atoms with Gasteiger partial charge in [-0.1, -0.05) is 6.07 Å². The molecule has 0 radical (unpaired) electrons. The zero-order valence-electron chi connectivity index (χ0n) is 9.93. The van der Waals surface area contributed by atoms with E-state index in [2.05, 4.69) is 5.32 Å². The van der Waals surface area contributed by atoms with E-state index in [1.54, 1.807) is 12.1 Å². The van der Waals surface area contributed by atoms with E-state index in [9.17, 15) is 23.7 Å². The monoisotopic (exact) mass is 298 g/mol. The van der Waals surface area contributed by atoms with Crippen molar-refractivity contribution >= 4 is 22.9 Å². The lowest BCUT2D eigenvalue weighted by Gasteiger charge is -2.05. The quantitative estimate of drug-likeness (QED) is 0.697. The number of amides is 1. The van der Waals surface area contributed by atoms with Gasteiger partial charge >= 0.3 is 5.69 Å². The number of rotatable bonds is 4. The number of nitrogens with one attached hydrogen (secondary N) is 1. The molecule has 1 aromatic carbocycles. The summed E-state index contributed by atoms with van der Waals surface area (Å²) in [5, 5.41) is 14.7. The van der Waals surface area contributed by atoms with E-state index in [-0.39, 0.29) is 6.54 Å². The first-order valence-corrected chi connectivity index (χ1v) is 6.31. The molecule has 1 aromatic heterocycles. The Balaban J connectivity index is 2.17. The molecule has 0 bridgehead atoms. The molecule has 0 unspecified atom stereocenters. The molecule has 8 heteroatoms. The third kappa shape index (κ3) is 2.97. The fraction of sp³-hybridized carbons (Fsp3) is 0.0833. The number of carbonyl (C=O) groups is 1. The van der Waals surface area contributed by atoms with Gasteiger partial charge in [0.2, 0.25) is 5.82 Å². The highest BCUT2D eigenvalue weighted by molar-refractivity contribution is 7.09. The maximum absolute atomic E-state index is 13.6. The topological polar surface area (TPSA) is 72.2 Å². The average molecular weight is 298 g/mol. The fourth-order valence-electron chi connectivity index (χ4n) is 1.53. The van der Waals surface area contributed by atoms with Gasteiger partial charge in [-0.05, 0) is 17.5 Å². The summed E-state index contributed by atoms with van der Waals surface area (Å²) >= 11 is 1.40. The smallest absolute Gasteiger partial charge is 0.307 e. The van der Waals surface area contributed by atoms with Crippen LogP contribution in [0.3, 0.4) is 0 Å². The molecule has 1 amide bonds. The van der Waals surface area contributed by atoms with E-state index in [0.717, 1.165) is 4.88 Å². The Morgan fingerprint density at radius 3 is 2.70 bits per heavy atom. The number of benzene rings is 1. The summed E-state index contributed by atoms with van der Waals surface area (Å²) in [5.74, 6) is -3.22. The van der Waals surface area contributed by atoms with Crippen molar-refractivity contribution in [1.82, 2.24) is 5.32 Å². The van der Waals surface area contributed by atoms with Crippen LogP contribution in [-0.2, 0) is 6.54 Å². The maximum Gasteiger partial charge on any atom is 0.307 e. The van der Waals surface area contributed by atoms with Gasteiger partial charge in [0.1, 0.15) is 5.82 Å². The lowest BCUT2D eigenvalue weighted by Crippen LogP contribution is -2.23. The van der Waals surface area contributed by atoms with Gasteiger partial charge in [0.25, 0.3) is 5.91 Å². The number of nitro groups is 1. The van der Waals surface area contributed by atoms with Crippen LogP contribution in [-0.4, -0.2) is 10.8 Å². The molecule has 0 saturated carbocycles. The molecule has 0 saturated heterocycles. The van der Waals surface area contributed by atoms with Gasteiger partial charge in [0, 0.05) is 4.88 Å². The van der Waals surface area contributed by atoms with Gasteiger partial charge < -0.3 is 5.32 Å². The molecule has 0 aliphatic carbocycles. The van der Waals surface area contributed by atoms with E-state index >= 15 is 0 Å². The molecular formula is C12H8F2N2O3S. The molecule has 104 valence electrons. The van der Waals surface area contributed by atoms with Gasteiger partial charge in [-0.25, -0.2) is 4.39 Å². The Morgan fingerprint density at radius 2 is 2.10 bits per heavy atom. The van der Waals surface area contributed by atoms with E-state index < -0.39 is 33.7 Å². The average Bonchev–Trinajstić information content (AvgIpc) is 2.91. The molecule has 0 atom stereocenters. The fourth-order valence-corrected chi connectivity index (χ4v) is 2.17. The number of carbonyl (C=O) groups excluding carboxylic acids is 1. The predicted octanol–water partition coefficient (Wildman–Crippen LogP) is 2.86. The molecule has 20 heavy (non-hydrogen) atoms. The van der Waals surface area contributed by atoms with Gasteiger partial charge in [0.15, 0.2) is 0 Å². The number of halogens is 2. The number of hydrogen-bond acceptors (Lipinski definition) is 4. The van der Waals surface area contributed by atoms with Crippen LogP contribution in [0.25, 0.3) is 0 Å². The highest BCUT2D eigenvalue weighted by Crippen LogP contribution is 2.21. The maximum atomic E-state index is 13.6. The van der Waals surface area contributed by atoms with Crippen LogP contribution in [0, 0.1) is 21.7 Å². The summed E-state index contributed by atoms with van der Waals surface area (Å²) in [6.07, 6.45) is 0. The third-order valence-electron chi connectivity index (χ3n) is 2.48. The first kappa shape index (κ1) is 14.1. The Labute approximate surface area is 116 Å². The summed E-state index contributed by atoms with van der Waals surface area (Å²) in [7, 11) is 0. The highest BCUT2D eigenvalue weighted by atomic mass is 32.1. The summed E-state index contributed by atoms with van der Waals surface area (Å²) in [6.45, 7) is 0.175. The molecule has 0 spiro atoms.